The predicted octanol–water partition coefficient (Wildman–Crippen LogP) is 2.15. The Balaban J connectivity index is 2.04. The van der Waals surface area contributed by atoms with Crippen molar-refractivity contribution >= 4 is 11.7 Å². The molecule has 0 bridgehead atoms. The zero-order chi connectivity index (χ0) is 13.0. The van der Waals surface area contributed by atoms with Gasteiger partial charge < -0.3 is 5.32 Å². The predicted molar refractivity (Wildman–Crippen MR) is 64.7 cm³/mol. The number of nitrogens with zero attached hydrogens (tertiary/aromatic N) is 2. The van der Waals surface area contributed by atoms with Crippen LogP contribution in [-0.2, 0) is 6.42 Å². The highest BCUT2D eigenvalue weighted by Gasteiger charge is 2.09. The summed E-state index contributed by atoms with van der Waals surface area (Å²) in [5.74, 6) is -0.448. The monoisotopic (exact) mass is 248 g/mol. The minimum absolute atomic E-state index is 0.149. The Labute approximate surface area is 103 Å². The molecular weight excluding hydrogens is 235 g/mol. The highest BCUT2D eigenvalue weighted by molar-refractivity contribution is 6.02. The van der Waals surface area contributed by atoms with E-state index in [1.165, 1.54) is 12.1 Å². The highest BCUT2D eigenvalue weighted by Crippen LogP contribution is 2.09. The van der Waals surface area contributed by atoms with Gasteiger partial charge in [-0.25, -0.2) is 9.37 Å². The normalized spacial score (nSPS) is 10.3. The van der Waals surface area contributed by atoms with Crippen molar-refractivity contribution in [3.8, 4) is 0 Å². The molecule has 0 saturated heterocycles. The lowest BCUT2D eigenvalue weighted by Gasteiger charge is -2.00. The Kier molecular flexibility index (Phi) is 3.66. The number of anilines is 1. The molecule has 94 valence electrons. The second-order valence-electron chi connectivity index (χ2n) is 3.84. The average Bonchev–Trinajstić information content (AvgIpc) is 2.78. The lowest BCUT2D eigenvalue weighted by atomic mass is 10.2. The van der Waals surface area contributed by atoms with E-state index in [0.717, 1.165) is 24.7 Å². The lowest BCUT2D eigenvalue weighted by Crippen LogP contribution is -2.13. The van der Waals surface area contributed by atoms with Gasteiger partial charge in [-0.3, -0.25) is 9.89 Å². The summed E-state index contributed by atoms with van der Waals surface area (Å²) >= 11 is 0. The van der Waals surface area contributed by atoms with Crippen LogP contribution in [0.25, 0.3) is 0 Å². The van der Waals surface area contributed by atoms with Crippen molar-refractivity contribution < 1.29 is 9.18 Å². The van der Waals surface area contributed by atoms with E-state index in [1.807, 2.05) is 0 Å². The van der Waals surface area contributed by atoms with Crippen LogP contribution >= 0.6 is 0 Å². The minimum Gasteiger partial charge on any atom is -0.304 e. The molecule has 0 aromatic carbocycles. The molecule has 0 unspecified atom stereocenters. The van der Waals surface area contributed by atoms with E-state index >= 15 is 0 Å². The molecule has 0 saturated carbocycles. The quantitative estimate of drug-likeness (QED) is 0.870. The summed E-state index contributed by atoms with van der Waals surface area (Å²) in [5.41, 5.74) is 1.11. The number of carbonyl (C=O) groups is 1. The first-order valence-corrected chi connectivity index (χ1v) is 5.66. The van der Waals surface area contributed by atoms with Crippen LogP contribution in [0.5, 0.6) is 0 Å². The standard InChI is InChI=1S/C12H13FN4O/c1-2-3-9-6-11(17-16-9)15-12(18)10-5-4-8(13)7-14-10/h4-7H,2-3H2,1H3,(H2,15,16,17,18). The summed E-state index contributed by atoms with van der Waals surface area (Å²) in [6.45, 7) is 2.06. The minimum atomic E-state index is -0.475. The number of halogens is 1. The Morgan fingerprint density at radius 1 is 1.50 bits per heavy atom. The summed E-state index contributed by atoms with van der Waals surface area (Å²) in [6.07, 6.45) is 2.87. The first-order valence-electron chi connectivity index (χ1n) is 5.66. The number of hydrogen-bond acceptors (Lipinski definition) is 3. The summed E-state index contributed by atoms with van der Waals surface area (Å²) in [6, 6.07) is 4.28. The van der Waals surface area contributed by atoms with Crippen molar-refractivity contribution in [2.24, 2.45) is 0 Å². The van der Waals surface area contributed by atoms with Crippen LogP contribution in [0.2, 0.25) is 0 Å². The maximum atomic E-state index is 12.7. The van der Waals surface area contributed by atoms with Gasteiger partial charge in [0, 0.05) is 11.8 Å². The van der Waals surface area contributed by atoms with E-state index in [4.69, 9.17) is 0 Å². The van der Waals surface area contributed by atoms with Gasteiger partial charge in [-0.2, -0.15) is 5.10 Å². The third-order valence-electron chi connectivity index (χ3n) is 2.35. The number of aromatic amines is 1. The average molecular weight is 248 g/mol. The van der Waals surface area contributed by atoms with E-state index in [0.29, 0.717) is 5.82 Å². The smallest absolute Gasteiger partial charge is 0.275 e. The second kappa shape index (κ2) is 5.39. The van der Waals surface area contributed by atoms with Crippen LogP contribution in [-0.4, -0.2) is 21.1 Å². The number of hydrogen-bond donors (Lipinski definition) is 2. The van der Waals surface area contributed by atoms with Crippen molar-refractivity contribution in [2.75, 3.05) is 5.32 Å². The molecule has 2 aromatic heterocycles. The van der Waals surface area contributed by atoms with Crippen LogP contribution in [0.3, 0.4) is 0 Å². The Morgan fingerprint density at radius 3 is 3.00 bits per heavy atom. The number of rotatable bonds is 4. The fourth-order valence-electron chi connectivity index (χ4n) is 1.51. The van der Waals surface area contributed by atoms with Crippen molar-refractivity contribution in [3.63, 3.8) is 0 Å². The van der Waals surface area contributed by atoms with Gasteiger partial charge in [0.1, 0.15) is 11.5 Å². The molecule has 6 heteroatoms. The third kappa shape index (κ3) is 2.91. The molecule has 0 fully saturated rings. The Hall–Kier alpha value is -2.24. The fourth-order valence-corrected chi connectivity index (χ4v) is 1.51. The number of aromatic nitrogens is 3. The van der Waals surface area contributed by atoms with E-state index in [2.05, 4.69) is 27.4 Å². The molecule has 2 aromatic rings. The van der Waals surface area contributed by atoms with Gasteiger partial charge in [0.15, 0.2) is 5.82 Å². The number of nitrogens with one attached hydrogen (secondary N) is 2. The number of H-pyrrole nitrogens is 1. The van der Waals surface area contributed by atoms with Crippen LogP contribution in [0.15, 0.2) is 24.4 Å². The van der Waals surface area contributed by atoms with Gasteiger partial charge in [0.05, 0.1) is 6.20 Å². The summed E-state index contributed by atoms with van der Waals surface area (Å²) in [5, 5.41) is 9.38. The van der Waals surface area contributed by atoms with Gasteiger partial charge in [-0.05, 0) is 18.6 Å². The van der Waals surface area contributed by atoms with E-state index < -0.39 is 11.7 Å². The number of pyridine rings is 1. The lowest BCUT2D eigenvalue weighted by molar-refractivity contribution is 0.102. The van der Waals surface area contributed by atoms with Gasteiger partial charge >= 0.3 is 0 Å². The molecule has 2 rings (SSSR count). The molecule has 0 aliphatic heterocycles. The van der Waals surface area contributed by atoms with Gasteiger partial charge in [0.25, 0.3) is 5.91 Å². The molecule has 0 atom stereocenters. The Morgan fingerprint density at radius 2 is 2.33 bits per heavy atom. The van der Waals surface area contributed by atoms with Gasteiger partial charge in [0.2, 0.25) is 0 Å². The fraction of sp³-hybridized carbons (Fsp3) is 0.250. The van der Waals surface area contributed by atoms with Crippen molar-refractivity contribution in [3.05, 3.63) is 41.6 Å². The molecule has 1 amide bonds. The molecule has 5 nitrogen and oxygen atoms in total. The maximum absolute atomic E-state index is 12.7. The van der Waals surface area contributed by atoms with Crippen molar-refractivity contribution in [2.45, 2.75) is 19.8 Å². The molecule has 0 aliphatic carbocycles. The first kappa shape index (κ1) is 12.2. The Bertz CT molecular complexity index is 535. The third-order valence-corrected chi connectivity index (χ3v) is 2.35. The largest absolute Gasteiger partial charge is 0.304 e. The second-order valence-corrected chi connectivity index (χ2v) is 3.84. The molecule has 2 heterocycles. The molecule has 0 aliphatic rings. The van der Waals surface area contributed by atoms with Gasteiger partial charge in [-0.1, -0.05) is 13.3 Å². The SMILES string of the molecule is CCCc1cc(NC(=O)c2ccc(F)cn2)n[nH]1. The summed E-state index contributed by atoms with van der Waals surface area (Å²) < 4.78 is 12.7. The van der Waals surface area contributed by atoms with Crippen LogP contribution in [0.4, 0.5) is 10.2 Å². The summed E-state index contributed by atoms with van der Waals surface area (Å²) in [7, 11) is 0. The van der Waals surface area contributed by atoms with Crippen molar-refractivity contribution in [1.82, 2.24) is 15.2 Å². The van der Waals surface area contributed by atoms with E-state index in [9.17, 15) is 9.18 Å². The van der Waals surface area contributed by atoms with E-state index in [-0.39, 0.29) is 5.69 Å². The topological polar surface area (TPSA) is 70.7 Å². The zero-order valence-electron chi connectivity index (χ0n) is 9.90. The van der Waals surface area contributed by atoms with Crippen LogP contribution < -0.4 is 5.32 Å². The van der Waals surface area contributed by atoms with Crippen molar-refractivity contribution in [1.29, 1.82) is 0 Å². The molecule has 2 N–H and O–H groups in total. The first-order chi connectivity index (χ1) is 8.69. The molecule has 0 spiro atoms. The number of amides is 1. The summed E-state index contributed by atoms with van der Waals surface area (Å²) in [4.78, 5) is 15.4. The molecule has 0 radical (unpaired) electrons. The van der Waals surface area contributed by atoms with Crippen LogP contribution in [0.1, 0.15) is 29.5 Å². The maximum Gasteiger partial charge on any atom is 0.275 e. The number of aryl methyl sites for hydroxylation is 1. The van der Waals surface area contributed by atoms with E-state index in [1.54, 1.807) is 6.07 Å². The molecule has 18 heavy (non-hydrogen) atoms. The molecular formula is C12H13FN4O. The van der Waals surface area contributed by atoms with Gasteiger partial charge in [-0.15, -0.1) is 0 Å². The van der Waals surface area contributed by atoms with Crippen LogP contribution in [0, 0.1) is 5.82 Å². The highest BCUT2D eigenvalue weighted by atomic mass is 19.1. The number of carbonyl (C=O) groups excluding carboxylic acids is 1. The zero-order valence-corrected chi connectivity index (χ0v) is 9.90.